The van der Waals surface area contributed by atoms with Crippen LogP contribution >= 0.6 is 15.9 Å². The van der Waals surface area contributed by atoms with Crippen LogP contribution < -0.4 is 4.90 Å². The van der Waals surface area contributed by atoms with Gasteiger partial charge in [0.25, 0.3) is 0 Å². The molecular formula is C54H42BrN. The molecule has 0 radical (unpaired) electrons. The highest BCUT2D eigenvalue weighted by molar-refractivity contribution is 9.10. The van der Waals surface area contributed by atoms with Crippen LogP contribution in [-0.2, 0) is 5.41 Å². The zero-order chi connectivity index (χ0) is 38.4. The normalized spacial score (nSPS) is 16.1. The fraction of sp³-hybridized carbons (Fsp3) is 0.0741. The van der Waals surface area contributed by atoms with Gasteiger partial charge < -0.3 is 4.90 Å². The van der Waals surface area contributed by atoms with Crippen LogP contribution in [0, 0.1) is 0 Å². The van der Waals surface area contributed by atoms with Crippen LogP contribution in [0.15, 0.2) is 210 Å². The second-order valence-corrected chi connectivity index (χ2v) is 15.5. The molecule has 0 saturated heterocycles. The van der Waals surface area contributed by atoms with E-state index in [0.717, 1.165) is 32.7 Å². The Labute approximate surface area is 339 Å². The first-order valence-electron chi connectivity index (χ1n) is 19.3. The van der Waals surface area contributed by atoms with Gasteiger partial charge in [0.1, 0.15) is 0 Å². The third-order valence-electron chi connectivity index (χ3n) is 11.6. The summed E-state index contributed by atoms with van der Waals surface area (Å²) in [7, 11) is 0. The Balaban J connectivity index is 1.38. The number of fused-ring (bicyclic) bond motifs is 5. The molecule has 1 atom stereocenters. The van der Waals surface area contributed by atoms with Crippen molar-refractivity contribution in [2.75, 3.05) is 4.90 Å². The Morgan fingerprint density at radius 3 is 1.98 bits per heavy atom. The molecule has 1 nitrogen and oxygen atoms in total. The zero-order valence-corrected chi connectivity index (χ0v) is 33.5. The molecule has 270 valence electrons. The molecule has 0 saturated carbocycles. The van der Waals surface area contributed by atoms with E-state index in [1.807, 2.05) is 0 Å². The van der Waals surface area contributed by atoms with E-state index in [1.165, 1.54) is 66.4 Å². The first kappa shape index (κ1) is 35.5. The smallest absolute Gasteiger partial charge is 0.0723 e. The summed E-state index contributed by atoms with van der Waals surface area (Å²) in [6.45, 7) is 11.0. The monoisotopic (exact) mass is 783 g/mol. The van der Waals surface area contributed by atoms with E-state index < -0.39 is 5.41 Å². The second-order valence-electron chi connectivity index (χ2n) is 14.5. The SMILES string of the molecule is C=CC1=C(/C=C\C)c2ccc(N(c3ccc(-c4ccccc4)cc3-c3ccccc3)c3cccc4ccccc34)cc2C12C(/C=C\C)=C(C)c1ccc(Br)cc12. The van der Waals surface area contributed by atoms with Gasteiger partial charge in [0.05, 0.1) is 16.8 Å². The Kier molecular flexibility index (Phi) is 9.16. The molecule has 2 aliphatic rings. The van der Waals surface area contributed by atoms with Gasteiger partial charge in [-0.05, 0) is 130 Å². The van der Waals surface area contributed by atoms with E-state index in [9.17, 15) is 0 Å². The van der Waals surface area contributed by atoms with Gasteiger partial charge in [-0.3, -0.25) is 0 Å². The number of rotatable bonds is 8. The van der Waals surface area contributed by atoms with Crippen molar-refractivity contribution >= 4 is 54.9 Å². The maximum absolute atomic E-state index is 4.50. The Hall–Kier alpha value is -6.22. The standard InChI is InChI=1S/C54H42BrN/c1-5-17-45-46-31-29-42(35-51(46)54(48(45)7-3)49(18-6-2)36(4)43-30-28-41(55)34-50(43)54)56(52-26-16-24-38-23-14-15-25-44(38)52)53-32-27-40(37-19-10-8-11-20-37)33-47(53)39-21-12-9-13-22-39/h5-35H,3H2,1-2,4H3/b17-5-,18-6-. The Morgan fingerprint density at radius 1 is 0.554 bits per heavy atom. The van der Waals surface area contributed by atoms with Gasteiger partial charge in [0, 0.05) is 21.1 Å². The van der Waals surface area contributed by atoms with Crippen molar-refractivity contribution in [3.8, 4) is 22.3 Å². The molecule has 0 aromatic heterocycles. The Morgan fingerprint density at radius 2 is 1.23 bits per heavy atom. The molecule has 1 spiro atoms. The summed E-state index contributed by atoms with van der Waals surface area (Å²) in [5.74, 6) is 0. The summed E-state index contributed by atoms with van der Waals surface area (Å²) in [6.07, 6.45) is 11.0. The van der Waals surface area contributed by atoms with Gasteiger partial charge in [-0.25, -0.2) is 0 Å². The number of hydrogen-bond acceptors (Lipinski definition) is 1. The minimum absolute atomic E-state index is 0.554. The molecule has 7 aromatic rings. The summed E-state index contributed by atoms with van der Waals surface area (Å²) < 4.78 is 1.06. The molecule has 0 heterocycles. The van der Waals surface area contributed by atoms with Crippen LogP contribution in [-0.4, -0.2) is 0 Å². The van der Waals surface area contributed by atoms with Crippen molar-refractivity contribution in [2.45, 2.75) is 26.2 Å². The lowest BCUT2D eigenvalue weighted by molar-refractivity contribution is 0.778. The highest BCUT2D eigenvalue weighted by atomic mass is 79.9. The highest BCUT2D eigenvalue weighted by Gasteiger charge is 2.52. The molecule has 2 aliphatic carbocycles. The molecule has 7 aromatic carbocycles. The third-order valence-corrected chi connectivity index (χ3v) is 12.0. The van der Waals surface area contributed by atoms with E-state index >= 15 is 0 Å². The maximum Gasteiger partial charge on any atom is 0.0723 e. The average molecular weight is 785 g/mol. The maximum atomic E-state index is 4.50. The summed E-state index contributed by atoms with van der Waals surface area (Å²) in [6, 6.07) is 57.7. The lowest BCUT2D eigenvalue weighted by atomic mass is 9.68. The minimum atomic E-state index is -0.554. The molecular weight excluding hydrogens is 743 g/mol. The van der Waals surface area contributed by atoms with Crippen LogP contribution in [0.3, 0.4) is 0 Å². The van der Waals surface area contributed by atoms with Gasteiger partial charge in [-0.1, -0.05) is 168 Å². The molecule has 0 fully saturated rings. The minimum Gasteiger partial charge on any atom is -0.309 e. The summed E-state index contributed by atoms with van der Waals surface area (Å²) in [5.41, 5.74) is 17.5. The number of halogens is 1. The van der Waals surface area contributed by atoms with Crippen LogP contribution in [0.1, 0.15) is 43.0 Å². The zero-order valence-electron chi connectivity index (χ0n) is 31.9. The largest absolute Gasteiger partial charge is 0.309 e. The van der Waals surface area contributed by atoms with Crippen molar-refractivity contribution < 1.29 is 0 Å². The van der Waals surface area contributed by atoms with E-state index in [2.05, 4.69) is 236 Å². The lowest BCUT2D eigenvalue weighted by Gasteiger charge is -2.34. The molecule has 0 bridgehead atoms. The van der Waals surface area contributed by atoms with Crippen LogP contribution in [0.2, 0.25) is 0 Å². The first-order valence-corrected chi connectivity index (χ1v) is 20.1. The van der Waals surface area contributed by atoms with Crippen molar-refractivity contribution in [3.05, 3.63) is 233 Å². The van der Waals surface area contributed by atoms with E-state index in [4.69, 9.17) is 0 Å². The van der Waals surface area contributed by atoms with Gasteiger partial charge in [-0.2, -0.15) is 0 Å². The topological polar surface area (TPSA) is 3.24 Å². The van der Waals surface area contributed by atoms with E-state index in [-0.39, 0.29) is 0 Å². The molecule has 2 heteroatoms. The van der Waals surface area contributed by atoms with Crippen molar-refractivity contribution in [2.24, 2.45) is 0 Å². The Bertz CT molecular complexity index is 2800. The van der Waals surface area contributed by atoms with Gasteiger partial charge >= 0.3 is 0 Å². The quantitative estimate of drug-likeness (QED) is 0.148. The highest BCUT2D eigenvalue weighted by Crippen LogP contribution is 2.62. The molecule has 0 aliphatic heterocycles. The van der Waals surface area contributed by atoms with E-state index in [0.29, 0.717) is 0 Å². The van der Waals surface area contributed by atoms with Crippen molar-refractivity contribution in [1.82, 2.24) is 0 Å². The molecule has 9 rings (SSSR count). The van der Waals surface area contributed by atoms with Crippen LogP contribution in [0.25, 0.3) is 44.2 Å². The summed E-state index contributed by atoms with van der Waals surface area (Å²) in [4.78, 5) is 2.48. The fourth-order valence-corrected chi connectivity index (χ4v) is 9.60. The average Bonchev–Trinajstić information content (AvgIpc) is 3.65. The first-order chi connectivity index (χ1) is 27.5. The van der Waals surface area contributed by atoms with Crippen LogP contribution in [0.4, 0.5) is 17.1 Å². The van der Waals surface area contributed by atoms with Gasteiger partial charge in [0.2, 0.25) is 0 Å². The second kappa shape index (κ2) is 14.5. The predicted octanol–water partition coefficient (Wildman–Crippen LogP) is 15.6. The lowest BCUT2D eigenvalue weighted by Crippen LogP contribution is -2.28. The van der Waals surface area contributed by atoms with Crippen molar-refractivity contribution in [1.29, 1.82) is 0 Å². The van der Waals surface area contributed by atoms with Crippen LogP contribution in [0.5, 0.6) is 0 Å². The number of hydrogen-bond donors (Lipinski definition) is 0. The number of allylic oxidation sites excluding steroid dienone is 9. The molecule has 56 heavy (non-hydrogen) atoms. The summed E-state index contributed by atoms with van der Waals surface area (Å²) >= 11 is 3.88. The molecule has 1 unspecified atom stereocenters. The van der Waals surface area contributed by atoms with Crippen molar-refractivity contribution in [3.63, 3.8) is 0 Å². The summed E-state index contributed by atoms with van der Waals surface area (Å²) in [5, 5.41) is 2.39. The fourth-order valence-electron chi connectivity index (χ4n) is 9.24. The predicted molar refractivity (Wildman–Crippen MR) is 244 cm³/mol. The number of nitrogens with zero attached hydrogens (tertiary/aromatic N) is 1. The van der Waals surface area contributed by atoms with Gasteiger partial charge in [-0.15, -0.1) is 0 Å². The third kappa shape index (κ3) is 5.51. The van der Waals surface area contributed by atoms with E-state index in [1.54, 1.807) is 0 Å². The number of benzene rings is 7. The molecule has 0 N–H and O–H groups in total. The number of anilines is 3. The molecule has 0 amide bonds. The van der Waals surface area contributed by atoms with Gasteiger partial charge in [0.15, 0.2) is 0 Å².